The first-order valence-electron chi connectivity index (χ1n) is 7.77. The highest BCUT2D eigenvalue weighted by Gasteiger charge is 2.36. The molecule has 1 aliphatic carbocycles. The van der Waals surface area contributed by atoms with Crippen molar-refractivity contribution in [2.45, 2.75) is 26.2 Å². The van der Waals surface area contributed by atoms with Gasteiger partial charge in [-0.15, -0.1) is 0 Å². The number of carbonyl (C=O) groups excluding carboxylic acids is 1. The molecule has 4 nitrogen and oxygen atoms in total. The molecule has 1 aromatic carbocycles. The standard InChI is InChI=1S/C19H17ClN2O2/c1-11-3-4-14(9-17(11)20)22-19(23)13(10-21)8-15-5-6-18(24-15)16-7-12(16)2/h3-6,8-9,12,16H,7H2,1-2H3,(H,22,23)/b13-8+/t12-,16-/m0/s1. The van der Waals surface area contributed by atoms with Gasteiger partial charge in [-0.1, -0.05) is 24.6 Å². The van der Waals surface area contributed by atoms with Crippen molar-refractivity contribution in [1.82, 2.24) is 0 Å². The Morgan fingerprint density at radius 1 is 1.42 bits per heavy atom. The number of rotatable bonds is 4. The second kappa shape index (κ2) is 6.54. The maximum atomic E-state index is 12.3. The summed E-state index contributed by atoms with van der Waals surface area (Å²) in [6.45, 7) is 4.05. The fourth-order valence-electron chi connectivity index (χ4n) is 2.52. The van der Waals surface area contributed by atoms with E-state index in [0.717, 1.165) is 17.7 Å². The van der Waals surface area contributed by atoms with E-state index < -0.39 is 5.91 Å². The molecular formula is C19H17ClN2O2. The van der Waals surface area contributed by atoms with Crippen LogP contribution in [0.3, 0.4) is 0 Å². The van der Waals surface area contributed by atoms with Crippen molar-refractivity contribution in [2.24, 2.45) is 5.92 Å². The van der Waals surface area contributed by atoms with Crippen LogP contribution in [0.4, 0.5) is 5.69 Å². The van der Waals surface area contributed by atoms with E-state index in [-0.39, 0.29) is 5.57 Å². The zero-order valence-electron chi connectivity index (χ0n) is 13.5. The van der Waals surface area contributed by atoms with Gasteiger partial charge in [0, 0.05) is 22.7 Å². The minimum atomic E-state index is -0.491. The molecule has 0 unspecified atom stereocenters. The number of amides is 1. The fraction of sp³-hybridized carbons (Fsp3) is 0.263. The molecule has 0 saturated heterocycles. The van der Waals surface area contributed by atoms with E-state index in [0.29, 0.717) is 28.3 Å². The summed E-state index contributed by atoms with van der Waals surface area (Å²) in [5, 5.41) is 12.5. The third kappa shape index (κ3) is 3.52. The molecule has 0 spiro atoms. The highest BCUT2D eigenvalue weighted by atomic mass is 35.5. The number of hydrogen-bond acceptors (Lipinski definition) is 3. The number of nitriles is 1. The first kappa shape index (κ1) is 16.4. The topological polar surface area (TPSA) is 66.0 Å². The number of halogens is 1. The smallest absolute Gasteiger partial charge is 0.266 e. The number of nitrogens with zero attached hydrogens (tertiary/aromatic N) is 1. The van der Waals surface area contributed by atoms with Crippen LogP contribution in [0.2, 0.25) is 5.02 Å². The molecule has 1 aromatic heterocycles. The SMILES string of the molecule is Cc1ccc(NC(=O)/C(C#N)=C/c2ccc([C@H]3C[C@@H]3C)o2)cc1Cl. The van der Waals surface area contributed by atoms with Crippen LogP contribution in [0, 0.1) is 24.2 Å². The molecule has 5 heteroatoms. The van der Waals surface area contributed by atoms with Gasteiger partial charge in [-0.2, -0.15) is 5.26 Å². The Bertz CT molecular complexity index is 860. The maximum absolute atomic E-state index is 12.3. The second-order valence-electron chi connectivity index (χ2n) is 6.15. The molecule has 3 rings (SSSR count). The molecule has 122 valence electrons. The van der Waals surface area contributed by atoms with Crippen molar-refractivity contribution >= 4 is 29.3 Å². The number of anilines is 1. The number of hydrogen-bond donors (Lipinski definition) is 1. The molecule has 1 aliphatic rings. The summed E-state index contributed by atoms with van der Waals surface area (Å²) < 4.78 is 5.72. The van der Waals surface area contributed by atoms with Gasteiger partial charge in [-0.3, -0.25) is 4.79 Å². The van der Waals surface area contributed by atoms with E-state index in [4.69, 9.17) is 16.0 Å². The molecule has 2 atom stereocenters. The van der Waals surface area contributed by atoms with Crippen LogP contribution in [0.25, 0.3) is 6.08 Å². The normalized spacial score (nSPS) is 19.7. The second-order valence-corrected chi connectivity index (χ2v) is 6.55. The summed E-state index contributed by atoms with van der Waals surface area (Å²) in [7, 11) is 0. The Balaban J connectivity index is 1.75. The third-order valence-corrected chi connectivity index (χ3v) is 4.61. The molecule has 0 aliphatic heterocycles. The van der Waals surface area contributed by atoms with Crippen LogP contribution in [0.15, 0.2) is 40.3 Å². The summed E-state index contributed by atoms with van der Waals surface area (Å²) in [4.78, 5) is 12.3. The van der Waals surface area contributed by atoms with Gasteiger partial charge in [0.1, 0.15) is 23.2 Å². The number of furan rings is 1. The van der Waals surface area contributed by atoms with E-state index in [1.807, 2.05) is 25.1 Å². The minimum absolute atomic E-state index is 0.0172. The van der Waals surface area contributed by atoms with E-state index in [9.17, 15) is 10.1 Å². The first-order chi connectivity index (χ1) is 11.5. The number of carbonyl (C=O) groups is 1. The predicted octanol–water partition coefficient (Wildman–Crippen LogP) is 4.91. The Kier molecular flexibility index (Phi) is 4.46. The van der Waals surface area contributed by atoms with E-state index >= 15 is 0 Å². The lowest BCUT2D eigenvalue weighted by molar-refractivity contribution is -0.112. The van der Waals surface area contributed by atoms with E-state index in [1.165, 1.54) is 6.08 Å². The maximum Gasteiger partial charge on any atom is 0.266 e. The molecular weight excluding hydrogens is 324 g/mol. The quantitative estimate of drug-likeness (QED) is 0.635. The lowest BCUT2D eigenvalue weighted by Crippen LogP contribution is -2.13. The molecule has 1 fully saturated rings. The van der Waals surface area contributed by atoms with Crippen molar-refractivity contribution in [1.29, 1.82) is 5.26 Å². The van der Waals surface area contributed by atoms with Crippen LogP contribution in [-0.4, -0.2) is 5.91 Å². The summed E-state index contributed by atoms with van der Waals surface area (Å²) in [5.74, 6) is 2.03. The summed E-state index contributed by atoms with van der Waals surface area (Å²) >= 11 is 6.04. The first-order valence-corrected chi connectivity index (χ1v) is 8.14. The largest absolute Gasteiger partial charge is 0.461 e. The Morgan fingerprint density at radius 3 is 2.79 bits per heavy atom. The van der Waals surface area contributed by atoms with Gasteiger partial charge in [0.15, 0.2) is 0 Å². The van der Waals surface area contributed by atoms with Gasteiger partial charge in [-0.05, 0) is 49.1 Å². The number of aryl methyl sites for hydroxylation is 1. The fourth-order valence-corrected chi connectivity index (χ4v) is 2.70. The Labute approximate surface area is 145 Å². The van der Waals surface area contributed by atoms with Crippen LogP contribution in [0.1, 0.15) is 36.3 Å². The van der Waals surface area contributed by atoms with Gasteiger partial charge in [0.2, 0.25) is 0 Å². The third-order valence-electron chi connectivity index (χ3n) is 4.20. The summed E-state index contributed by atoms with van der Waals surface area (Å²) in [6.07, 6.45) is 2.58. The molecule has 1 amide bonds. The van der Waals surface area contributed by atoms with Crippen molar-refractivity contribution < 1.29 is 9.21 Å². The van der Waals surface area contributed by atoms with Crippen molar-refractivity contribution in [3.05, 3.63) is 58.0 Å². The van der Waals surface area contributed by atoms with Crippen LogP contribution in [0.5, 0.6) is 0 Å². The van der Waals surface area contributed by atoms with Crippen molar-refractivity contribution in [2.75, 3.05) is 5.32 Å². The lowest BCUT2D eigenvalue weighted by Gasteiger charge is -2.06. The molecule has 2 aromatic rings. The number of benzene rings is 1. The average molecular weight is 341 g/mol. The van der Waals surface area contributed by atoms with Gasteiger partial charge < -0.3 is 9.73 Å². The lowest BCUT2D eigenvalue weighted by atomic mass is 10.2. The highest BCUT2D eigenvalue weighted by Crippen LogP contribution is 2.47. The molecule has 1 heterocycles. The zero-order valence-corrected chi connectivity index (χ0v) is 14.2. The van der Waals surface area contributed by atoms with Crippen molar-refractivity contribution in [3.8, 4) is 6.07 Å². The van der Waals surface area contributed by atoms with Gasteiger partial charge in [-0.25, -0.2) is 0 Å². The Hall–Kier alpha value is -2.51. The highest BCUT2D eigenvalue weighted by molar-refractivity contribution is 6.31. The van der Waals surface area contributed by atoms with Gasteiger partial charge >= 0.3 is 0 Å². The molecule has 1 N–H and O–H groups in total. The van der Waals surface area contributed by atoms with Crippen LogP contribution < -0.4 is 5.32 Å². The monoisotopic (exact) mass is 340 g/mol. The molecule has 1 saturated carbocycles. The van der Waals surface area contributed by atoms with Gasteiger partial charge in [0.05, 0.1) is 0 Å². The zero-order chi connectivity index (χ0) is 17.3. The van der Waals surface area contributed by atoms with Crippen LogP contribution >= 0.6 is 11.6 Å². The van der Waals surface area contributed by atoms with E-state index in [1.54, 1.807) is 18.2 Å². The molecule has 0 bridgehead atoms. The minimum Gasteiger partial charge on any atom is -0.461 e. The summed E-state index contributed by atoms with van der Waals surface area (Å²) in [6, 6.07) is 10.8. The number of nitrogens with one attached hydrogen (secondary N) is 1. The Morgan fingerprint density at radius 2 is 2.17 bits per heavy atom. The van der Waals surface area contributed by atoms with E-state index in [2.05, 4.69) is 12.2 Å². The summed E-state index contributed by atoms with van der Waals surface area (Å²) in [5.41, 5.74) is 1.45. The van der Waals surface area contributed by atoms with Crippen molar-refractivity contribution in [3.63, 3.8) is 0 Å². The molecule has 24 heavy (non-hydrogen) atoms. The molecule has 0 radical (unpaired) electrons. The van der Waals surface area contributed by atoms with Gasteiger partial charge in [0.25, 0.3) is 5.91 Å². The van der Waals surface area contributed by atoms with Crippen LogP contribution in [-0.2, 0) is 4.79 Å². The average Bonchev–Trinajstić information content (AvgIpc) is 3.09. The predicted molar refractivity (Wildman–Crippen MR) is 93.6 cm³/mol.